The average molecular weight is 260 g/mol. The van der Waals surface area contributed by atoms with E-state index < -0.39 is 0 Å². The molecular weight excluding hydrogens is 244 g/mol. The van der Waals surface area contributed by atoms with Crippen molar-refractivity contribution in [3.05, 3.63) is 42.5 Å². The summed E-state index contributed by atoms with van der Waals surface area (Å²) in [6, 6.07) is 10.8. The van der Waals surface area contributed by atoms with E-state index in [4.69, 9.17) is 0 Å². The standard InChI is InChI=1S/C13H16N4S/c1-2-4-12(5-3-1)17-10-15-16-13(17)8-11-9-18-7-6-14-11/h1-5,10-11,14H,6-9H2. The van der Waals surface area contributed by atoms with E-state index in [9.17, 15) is 0 Å². The molecule has 1 aromatic carbocycles. The third-order valence-electron chi connectivity index (χ3n) is 3.08. The summed E-state index contributed by atoms with van der Waals surface area (Å²) in [6.07, 6.45) is 2.72. The number of hydrogen-bond acceptors (Lipinski definition) is 4. The van der Waals surface area contributed by atoms with Crippen LogP contribution in [0.3, 0.4) is 0 Å². The van der Waals surface area contributed by atoms with E-state index in [1.165, 1.54) is 5.75 Å². The maximum Gasteiger partial charge on any atom is 0.138 e. The second-order valence-electron chi connectivity index (χ2n) is 4.38. The van der Waals surface area contributed by atoms with Gasteiger partial charge >= 0.3 is 0 Å². The van der Waals surface area contributed by atoms with Gasteiger partial charge in [-0.1, -0.05) is 18.2 Å². The molecule has 3 rings (SSSR count). The van der Waals surface area contributed by atoms with Gasteiger partial charge in [-0.05, 0) is 12.1 Å². The lowest BCUT2D eigenvalue weighted by molar-refractivity contribution is 0.546. The lowest BCUT2D eigenvalue weighted by Gasteiger charge is -2.22. The Kier molecular flexibility index (Phi) is 3.61. The predicted molar refractivity (Wildman–Crippen MR) is 74.2 cm³/mol. The molecule has 1 aliphatic rings. The number of benzene rings is 1. The Morgan fingerprint density at radius 3 is 3.00 bits per heavy atom. The fraction of sp³-hybridized carbons (Fsp3) is 0.385. The van der Waals surface area contributed by atoms with Crippen LogP contribution in [0.2, 0.25) is 0 Å². The summed E-state index contributed by atoms with van der Waals surface area (Å²) >= 11 is 2.01. The quantitative estimate of drug-likeness (QED) is 0.908. The first-order valence-electron chi connectivity index (χ1n) is 6.19. The Morgan fingerprint density at radius 1 is 1.33 bits per heavy atom. The highest BCUT2D eigenvalue weighted by Gasteiger charge is 2.16. The van der Waals surface area contributed by atoms with Crippen LogP contribution >= 0.6 is 11.8 Å². The molecule has 0 aliphatic carbocycles. The third kappa shape index (κ3) is 2.57. The number of aromatic nitrogens is 3. The highest BCUT2D eigenvalue weighted by atomic mass is 32.2. The van der Waals surface area contributed by atoms with Crippen LogP contribution in [0.1, 0.15) is 5.82 Å². The number of nitrogens with one attached hydrogen (secondary N) is 1. The van der Waals surface area contributed by atoms with Crippen LogP contribution in [0, 0.1) is 0 Å². The molecule has 2 aromatic rings. The van der Waals surface area contributed by atoms with Crippen LogP contribution in [0.5, 0.6) is 0 Å². The van der Waals surface area contributed by atoms with Gasteiger partial charge in [-0.25, -0.2) is 0 Å². The maximum absolute atomic E-state index is 4.25. The lowest BCUT2D eigenvalue weighted by atomic mass is 10.2. The largest absolute Gasteiger partial charge is 0.312 e. The fourth-order valence-electron chi connectivity index (χ4n) is 2.17. The molecule has 1 atom stereocenters. The minimum atomic E-state index is 0.510. The summed E-state index contributed by atoms with van der Waals surface area (Å²) in [5, 5.41) is 11.8. The molecule has 1 aromatic heterocycles. The van der Waals surface area contributed by atoms with E-state index in [1.54, 1.807) is 6.33 Å². The van der Waals surface area contributed by atoms with Gasteiger partial charge in [-0.3, -0.25) is 4.57 Å². The molecule has 1 aliphatic heterocycles. The summed E-state index contributed by atoms with van der Waals surface area (Å²) in [5.41, 5.74) is 1.13. The van der Waals surface area contributed by atoms with Crippen molar-refractivity contribution < 1.29 is 0 Å². The number of para-hydroxylation sites is 1. The van der Waals surface area contributed by atoms with Crippen molar-refractivity contribution in [2.45, 2.75) is 12.5 Å². The minimum absolute atomic E-state index is 0.510. The van der Waals surface area contributed by atoms with Gasteiger partial charge in [0.2, 0.25) is 0 Å². The smallest absolute Gasteiger partial charge is 0.138 e. The van der Waals surface area contributed by atoms with Crippen molar-refractivity contribution in [1.29, 1.82) is 0 Å². The predicted octanol–water partition coefficient (Wildman–Crippen LogP) is 1.51. The Hall–Kier alpha value is -1.33. The Morgan fingerprint density at radius 2 is 2.22 bits per heavy atom. The summed E-state index contributed by atoms with van der Waals surface area (Å²) in [4.78, 5) is 0. The first kappa shape index (κ1) is 11.7. The van der Waals surface area contributed by atoms with Crippen molar-refractivity contribution >= 4 is 11.8 Å². The van der Waals surface area contributed by atoms with Crippen molar-refractivity contribution in [3.8, 4) is 5.69 Å². The van der Waals surface area contributed by atoms with E-state index in [1.807, 2.05) is 30.0 Å². The third-order valence-corrected chi connectivity index (χ3v) is 4.21. The highest BCUT2D eigenvalue weighted by molar-refractivity contribution is 7.99. The monoisotopic (exact) mass is 260 g/mol. The maximum atomic E-state index is 4.25. The molecule has 1 N–H and O–H groups in total. The van der Waals surface area contributed by atoms with Gasteiger partial charge in [0.25, 0.3) is 0 Å². The van der Waals surface area contributed by atoms with Gasteiger partial charge in [0.15, 0.2) is 0 Å². The van der Waals surface area contributed by atoms with E-state index >= 15 is 0 Å². The van der Waals surface area contributed by atoms with Crippen LogP contribution in [0.15, 0.2) is 36.7 Å². The molecule has 0 spiro atoms. The normalized spacial score (nSPS) is 19.9. The molecule has 4 nitrogen and oxygen atoms in total. The molecule has 18 heavy (non-hydrogen) atoms. The summed E-state index contributed by atoms with van der Waals surface area (Å²) in [7, 11) is 0. The molecular formula is C13H16N4S. The second kappa shape index (κ2) is 5.54. The number of hydrogen-bond donors (Lipinski definition) is 1. The topological polar surface area (TPSA) is 42.7 Å². The summed E-state index contributed by atoms with van der Waals surface area (Å²) < 4.78 is 2.07. The van der Waals surface area contributed by atoms with E-state index in [0.717, 1.165) is 30.2 Å². The zero-order valence-corrected chi connectivity index (χ0v) is 10.9. The second-order valence-corrected chi connectivity index (χ2v) is 5.53. The summed E-state index contributed by atoms with van der Waals surface area (Å²) in [6.45, 7) is 1.09. The molecule has 0 bridgehead atoms. The van der Waals surface area contributed by atoms with Crippen LogP contribution in [0.25, 0.3) is 5.69 Å². The van der Waals surface area contributed by atoms with Crippen LogP contribution in [-0.2, 0) is 6.42 Å². The van der Waals surface area contributed by atoms with Gasteiger partial charge < -0.3 is 5.32 Å². The van der Waals surface area contributed by atoms with Crippen LogP contribution < -0.4 is 5.32 Å². The lowest BCUT2D eigenvalue weighted by Crippen LogP contribution is -2.39. The van der Waals surface area contributed by atoms with Gasteiger partial charge in [-0.2, -0.15) is 11.8 Å². The van der Waals surface area contributed by atoms with Gasteiger partial charge in [0, 0.05) is 36.2 Å². The number of thioether (sulfide) groups is 1. The Balaban J connectivity index is 1.79. The SMILES string of the molecule is c1ccc(-n2cnnc2CC2CSCCN2)cc1. The minimum Gasteiger partial charge on any atom is -0.312 e. The Labute approximate surface area is 111 Å². The van der Waals surface area contributed by atoms with E-state index in [0.29, 0.717) is 6.04 Å². The van der Waals surface area contributed by atoms with Crippen molar-refractivity contribution in [2.75, 3.05) is 18.1 Å². The van der Waals surface area contributed by atoms with Crippen LogP contribution in [0.4, 0.5) is 0 Å². The van der Waals surface area contributed by atoms with Crippen LogP contribution in [-0.4, -0.2) is 38.9 Å². The van der Waals surface area contributed by atoms with E-state index in [-0.39, 0.29) is 0 Å². The molecule has 2 heterocycles. The van der Waals surface area contributed by atoms with Crippen molar-refractivity contribution in [1.82, 2.24) is 20.1 Å². The average Bonchev–Trinajstić information content (AvgIpc) is 2.89. The first-order chi connectivity index (χ1) is 8.93. The van der Waals surface area contributed by atoms with Crippen molar-refractivity contribution in [2.24, 2.45) is 0 Å². The molecule has 0 saturated carbocycles. The molecule has 94 valence electrons. The molecule has 1 unspecified atom stereocenters. The zero-order valence-electron chi connectivity index (χ0n) is 10.1. The van der Waals surface area contributed by atoms with Gasteiger partial charge in [-0.15, -0.1) is 10.2 Å². The zero-order chi connectivity index (χ0) is 12.2. The number of nitrogens with zero attached hydrogens (tertiary/aromatic N) is 3. The molecule has 1 fully saturated rings. The summed E-state index contributed by atoms with van der Waals surface area (Å²) in [5.74, 6) is 3.39. The molecule has 1 saturated heterocycles. The van der Waals surface area contributed by atoms with Gasteiger partial charge in [0.1, 0.15) is 12.2 Å². The fourth-order valence-corrected chi connectivity index (χ4v) is 3.12. The first-order valence-corrected chi connectivity index (χ1v) is 7.34. The van der Waals surface area contributed by atoms with Gasteiger partial charge in [0.05, 0.1) is 0 Å². The van der Waals surface area contributed by atoms with Crippen molar-refractivity contribution in [3.63, 3.8) is 0 Å². The molecule has 5 heteroatoms. The highest BCUT2D eigenvalue weighted by Crippen LogP contribution is 2.14. The molecule has 0 radical (unpaired) electrons. The Bertz CT molecular complexity index is 491. The number of rotatable bonds is 3. The molecule has 0 amide bonds. The van der Waals surface area contributed by atoms with E-state index in [2.05, 4.69) is 32.2 Å².